The number of nitrogens with one attached hydrogen (secondary N) is 1. The predicted octanol–water partition coefficient (Wildman–Crippen LogP) is -0.271. The van der Waals surface area contributed by atoms with Crippen molar-refractivity contribution in [2.75, 3.05) is 0 Å². The molecule has 0 spiro atoms. The molecule has 1 rings (SSSR count). The van der Waals surface area contributed by atoms with Crippen LogP contribution in [0.2, 0.25) is 0 Å². The van der Waals surface area contributed by atoms with Gasteiger partial charge in [0.15, 0.2) is 0 Å². The van der Waals surface area contributed by atoms with Gasteiger partial charge < -0.3 is 5.14 Å². The molecule has 5 heteroatoms. The van der Waals surface area contributed by atoms with Gasteiger partial charge in [-0.2, -0.15) is 0 Å². The zero-order valence-corrected chi connectivity index (χ0v) is 13.5. The standard InChI is InChI=1S/C10H14NO2S.K/c1-10(2,3)8-4-6-9(7-5-8)14(11,12)13;/h4-7H,1-3H3,(H-,11,12,13);/q-1;+1. The van der Waals surface area contributed by atoms with Gasteiger partial charge in [0.05, 0.1) is 10.0 Å². The van der Waals surface area contributed by atoms with E-state index in [0.29, 0.717) is 0 Å². The zero-order valence-electron chi connectivity index (χ0n) is 9.53. The van der Waals surface area contributed by atoms with E-state index in [2.05, 4.69) is 20.8 Å². The Labute approximate surface area is 134 Å². The fourth-order valence-electron chi connectivity index (χ4n) is 1.13. The maximum Gasteiger partial charge on any atom is 1.00 e. The van der Waals surface area contributed by atoms with Gasteiger partial charge in [0, 0.05) is 4.90 Å². The summed E-state index contributed by atoms with van der Waals surface area (Å²) in [5.41, 5.74) is 1.06. The van der Waals surface area contributed by atoms with Gasteiger partial charge in [-0.05, 0) is 23.1 Å². The topological polar surface area (TPSA) is 57.9 Å². The van der Waals surface area contributed by atoms with Gasteiger partial charge in [0.2, 0.25) is 0 Å². The predicted molar refractivity (Wildman–Crippen MR) is 56.6 cm³/mol. The van der Waals surface area contributed by atoms with Crippen molar-refractivity contribution >= 4 is 10.0 Å². The molecule has 0 heterocycles. The summed E-state index contributed by atoms with van der Waals surface area (Å²) >= 11 is 0. The van der Waals surface area contributed by atoms with Crippen LogP contribution in [0, 0.1) is 0 Å². The minimum atomic E-state index is -3.82. The summed E-state index contributed by atoms with van der Waals surface area (Å²) in [4.78, 5) is 0.0468. The van der Waals surface area contributed by atoms with Gasteiger partial charge in [-0.15, -0.1) is 0 Å². The first-order chi connectivity index (χ1) is 6.21. The molecule has 78 valence electrons. The minimum Gasteiger partial charge on any atom is -0.560 e. The van der Waals surface area contributed by atoms with Crippen molar-refractivity contribution in [2.45, 2.75) is 31.1 Å². The molecule has 0 unspecified atom stereocenters. The monoisotopic (exact) mass is 251 g/mol. The molecule has 0 aliphatic heterocycles. The second kappa shape index (κ2) is 5.40. The van der Waals surface area contributed by atoms with Gasteiger partial charge >= 0.3 is 51.4 Å². The van der Waals surface area contributed by atoms with E-state index in [-0.39, 0.29) is 61.7 Å². The van der Waals surface area contributed by atoms with E-state index in [9.17, 15) is 8.42 Å². The third-order valence-corrected chi connectivity index (χ3v) is 2.92. The Bertz CT molecular complexity index is 418. The van der Waals surface area contributed by atoms with Crippen LogP contribution < -0.4 is 51.4 Å². The summed E-state index contributed by atoms with van der Waals surface area (Å²) < 4.78 is 21.7. The average Bonchev–Trinajstić information content (AvgIpc) is 2.01. The van der Waals surface area contributed by atoms with E-state index in [1.54, 1.807) is 12.1 Å². The first kappa shape index (κ1) is 15.8. The van der Waals surface area contributed by atoms with Gasteiger partial charge in [-0.3, -0.25) is 0 Å². The Morgan fingerprint density at radius 2 is 1.47 bits per heavy atom. The molecule has 0 bridgehead atoms. The molecule has 15 heavy (non-hydrogen) atoms. The van der Waals surface area contributed by atoms with Gasteiger partial charge in [-0.1, -0.05) is 32.9 Å². The van der Waals surface area contributed by atoms with E-state index in [1.807, 2.05) is 0 Å². The molecule has 0 radical (unpaired) electrons. The van der Waals surface area contributed by atoms with E-state index < -0.39 is 10.0 Å². The molecule has 0 saturated carbocycles. The van der Waals surface area contributed by atoms with Crippen molar-refractivity contribution in [3.05, 3.63) is 35.0 Å². The van der Waals surface area contributed by atoms with Crippen LogP contribution in [-0.2, 0) is 15.4 Å². The fraction of sp³-hybridized carbons (Fsp3) is 0.400. The van der Waals surface area contributed by atoms with Crippen molar-refractivity contribution in [1.82, 2.24) is 0 Å². The van der Waals surface area contributed by atoms with Crippen molar-refractivity contribution in [3.63, 3.8) is 0 Å². The van der Waals surface area contributed by atoms with E-state index in [1.165, 1.54) is 12.1 Å². The third-order valence-electron chi connectivity index (χ3n) is 2.03. The molecule has 0 saturated heterocycles. The maximum atomic E-state index is 10.9. The molecule has 0 fully saturated rings. The Balaban J connectivity index is 0.00000196. The molecular formula is C10H14KNO2S. The summed E-state index contributed by atoms with van der Waals surface area (Å²) in [5.74, 6) is 0. The van der Waals surface area contributed by atoms with Crippen LogP contribution in [-0.4, -0.2) is 8.42 Å². The number of hydrogen-bond acceptors (Lipinski definition) is 2. The summed E-state index contributed by atoms with van der Waals surface area (Å²) in [6, 6.07) is 6.45. The SMILES string of the molecule is CC(C)(C)c1ccc(S([NH-])(=O)=O)cc1.[K+]. The van der Waals surface area contributed by atoms with E-state index in [0.717, 1.165) is 5.56 Å². The molecule has 1 N–H and O–H groups in total. The summed E-state index contributed by atoms with van der Waals surface area (Å²) in [5, 5.41) is 6.87. The molecule has 0 aliphatic carbocycles. The maximum absolute atomic E-state index is 10.9. The Morgan fingerprint density at radius 3 is 1.73 bits per heavy atom. The van der Waals surface area contributed by atoms with Crippen molar-refractivity contribution in [2.24, 2.45) is 0 Å². The van der Waals surface area contributed by atoms with Gasteiger partial charge in [0.25, 0.3) is 0 Å². The molecule has 0 atom stereocenters. The molecule has 0 amide bonds. The number of rotatable bonds is 1. The fourth-order valence-corrected chi connectivity index (χ4v) is 1.63. The van der Waals surface area contributed by atoms with Crippen LogP contribution in [0.25, 0.3) is 5.14 Å². The number of sulfonamides is 1. The van der Waals surface area contributed by atoms with Crippen LogP contribution in [0.15, 0.2) is 29.2 Å². The van der Waals surface area contributed by atoms with Crippen molar-refractivity contribution in [1.29, 1.82) is 0 Å². The largest absolute Gasteiger partial charge is 1.00 e. The van der Waals surface area contributed by atoms with Crippen LogP contribution in [0.4, 0.5) is 0 Å². The van der Waals surface area contributed by atoms with Gasteiger partial charge in [-0.25, -0.2) is 8.42 Å². The Morgan fingerprint density at radius 1 is 1.07 bits per heavy atom. The normalized spacial score (nSPS) is 12.0. The van der Waals surface area contributed by atoms with Crippen molar-refractivity contribution in [3.8, 4) is 0 Å². The first-order valence-electron chi connectivity index (χ1n) is 4.31. The summed E-state index contributed by atoms with van der Waals surface area (Å²) in [7, 11) is -3.82. The van der Waals surface area contributed by atoms with E-state index in [4.69, 9.17) is 5.14 Å². The van der Waals surface area contributed by atoms with Crippen LogP contribution in [0.5, 0.6) is 0 Å². The van der Waals surface area contributed by atoms with Crippen LogP contribution >= 0.6 is 0 Å². The van der Waals surface area contributed by atoms with E-state index >= 15 is 0 Å². The Kier molecular flexibility index (Phi) is 5.67. The number of hydrogen-bond donors (Lipinski definition) is 0. The molecular weight excluding hydrogens is 237 g/mol. The Hall–Kier alpha value is 0.766. The molecule has 1 aromatic rings. The smallest absolute Gasteiger partial charge is 0.560 e. The first-order valence-corrected chi connectivity index (χ1v) is 5.80. The van der Waals surface area contributed by atoms with Crippen LogP contribution in [0.3, 0.4) is 0 Å². The minimum absolute atomic E-state index is 0. The molecule has 1 aromatic carbocycles. The average molecular weight is 251 g/mol. The second-order valence-electron chi connectivity index (χ2n) is 4.28. The van der Waals surface area contributed by atoms with Gasteiger partial charge in [0.1, 0.15) is 0 Å². The quantitative estimate of drug-likeness (QED) is 0.645. The zero-order chi connectivity index (χ0) is 11.0. The van der Waals surface area contributed by atoms with Crippen molar-refractivity contribution < 1.29 is 59.8 Å². The summed E-state index contributed by atoms with van der Waals surface area (Å²) in [6.45, 7) is 6.16. The third kappa shape index (κ3) is 4.64. The molecule has 0 aliphatic rings. The van der Waals surface area contributed by atoms with Crippen LogP contribution in [0.1, 0.15) is 26.3 Å². The molecule has 0 aromatic heterocycles. The summed E-state index contributed by atoms with van der Waals surface area (Å²) in [6.07, 6.45) is 0. The molecule has 3 nitrogen and oxygen atoms in total. The number of benzene rings is 1. The second-order valence-corrected chi connectivity index (χ2v) is 5.76.